The number of nitrogens with one attached hydrogen (secondary N) is 1. The van der Waals surface area contributed by atoms with Gasteiger partial charge in [0.2, 0.25) is 10.0 Å². The van der Waals surface area contributed by atoms with E-state index >= 15 is 0 Å². The average molecular weight is 315 g/mol. The predicted octanol–water partition coefficient (Wildman–Crippen LogP) is 4.01. The van der Waals surface area contributed by atoms with Crippen LogP contribution in [0, 0.1) is 0 Å². The summed E-state index contributed by atoms with van der Waals surface area (Å²) in [6.07, 6.45) is 7.79. The minimum Gasteiger partial charge on any atom is -0.211 e. The van der Waals surface area contributed by atoms with Gasteiger partial charge in [0.1, 0.15) is 0 Å². The van der Waals surface area contributed by atoms with Gasteiger partial charge in [-0.15, -0.1) is 0 Å². The quantitative estimate of drug-likeness (QED) is 0.847. The van der Waals surface area contributed by atoms with Crippen LogP contribution >= 0.6 is 0 Å². The van der Waals surface area contributed by atoms with Gasteiger partial charge in [0.15, 0.2) is 0 Å². The van der Waals surface area contributed by atoms with Crippen molar-refractivity contribution in [1.29, 1.82) is 0 Å². The molecule has 0 atom stereocenters. The summed E-state index contributed by atoms with van der Waals surface area (Å²) in [6.45, 7) is 0.470. The van der Waals surface area contributed by atoms with Gasteiger partial charge in [0.05, 0.1) is 4.90 Å². The van der Waals surface area contributed by atoms with Crippen LogP contribution < -0.4 is 4.72 Å². The standard InChI is InChI=1S/C18H21NO2S/c20-22(21,19-14-13-15-7-2-1-3-8-15)18-12-6-10-16-9-4-5-11-17(16)18/h4-7,9-12,19H,1-3,8,13-14H2. The molecule has 0 aromatic heterocycles. The van der Waals surface area contributed by atoms with Gasteiger partial charge in [-0.25, -0.2) is 13.1 Å². The van der Waals surface area contributed by atoms with E-state index < -0.39 is 10.0 Å². The Morgan fingerprint density at radius 1 is 1.00 bits per heavy atom. The highest BCUT2D eigenvalue weighted by atomic mass is 32.2. The third-order valence-corrected chi connectivity index (χ3v) is 5.68. The van der Waals surface area contributed by atoms with Gasteiger partial charge in [-0.2, -0.15) is 0 Å². The second-order valence-electron chi connectivity index (χ2n) is 5.73. The lowest BCUT2D eigenvalue weighted by Gasteiger charge is -2.13. The summed E-state index contributed by atoms with van der Waals surface area (Å²) < 4.78 is 27.9. The Hall–Kier alpha value is -1.65. The van der Waals surface area contributed by atoms with Crippen LogP contribution in [0.3, 0.4) is 0 Å². The average Bonchev–Trinajstić information content (AvgIpc) is 2.55. The zero-order valence-electron chi connectivity index (χ0n) is 12.6. The van der Waals surface area contributed by atoms with Gasteiger partial charge in [0.25, 0.3) is 0 Å². The van der Waals surface area contributed by atoms with Gasteiger partial charge in [0, 0.05) is 11.9 Å². The highest BCUT2D eigenvalue weighted by Gasteiger charge is 2.16. The summed E-state index contributed by atoms with van der Waals surface area (Å²) >= 11 is 0. The molecule has 1 aliphatic carbocycles. The van der Waals surface area contributed by atoms with Crippen LogP contribution in [0.5, 0.6) is 0 Å². The first-order valence-corrected chi connectivity index (χ1v) is 9.30. The van der Waals surface area contributed by atoms with Crippen LogP contribution in [0.4, 0.5) is 0 Å². The number of hydrogen-bond donors (Lipinski definition) is 1. The normalized spacial score (nSPS) is 15.7. The minimum atomic E-state index is -3.46. The van der Waals surface area contributed by atoms with E-state index in [4.69, 9.17) is 0 Å². The number of allylic oxidation sites excluding steroid dienone is 1. The summed E-state index contributed by atoms with van der Waals surface area (Å²) in [4.78, 5) is 0.364. The zero-order valence-corrected chi connectivity index (χ0v) is 13.4. The summed E-state index contributed by atoms with van der Waals surface area (Å²) in [6, 6.07) is 13.0. The topological polar surface area (TPSA) is 46.2 Å². The molecule has 0 saturated carbocycles. The second-order valence-corrected chi connectivity index (χ2v) is 7.47. The molecule has 1 aliphatic rings. The van der Waals surface area contributed by atoms with Crippen molar-refractivity contribution in [1.82, 2.24) is 4.72 Å². The Morgan fingerprint density at radius 2 is 1.82 bits per heavy atom. The highest BCUT2D eigenvalue weighted by molar-refractivity contribution is 7.89. The van der Waals surface area contributed by atoms with Gasteiger partial charge < -0.3 is 0 Å². The van der Waals surface area contributed by atoms with Crippen molar-refractivity contribution in [2.45, 2.75) is 37.0 Å². The molecule has 1 N–H and O–H groups in total. The van der Waals surface area contributed by atoms with Crippen LogP contribution in [-0.2, 0) is 10.0 Å². The molecule has 2 aromatic carbocycles. The lowest BCUT2D eigenvalue weighted by molar-refractivity contribution is 0.580. The molecule has 3 rings (SSSR count). The Bertz CT molecular complexity index is 788. The van der Waals surface area contributed by atoms with Crippen molar-refractivity contribution in [2.75, 3.05) is 6.54 Å². The van der Waals surface area contributed by atoms with Crippen molar-refractivity contribution in [2.24, 2.45) is 0 Å². The fourth-order valence-corrected chi connectivity index (χ4v) is 4.24. The molecule has 116 valence electrons. The molecule has 0 unspecified atom stereocenters. The molecule has 0 heterocycles. The van der Waals surface area contributed by atoms with Crippen LogP contribution in [0.25, 0.3) is 10.8 Å². The lowest BCUT2D eigenvalue weighted by atomic mass is 9.97. The van der Waals surface area contributed by atoms with Crippen molar-refractivity contribution in [3.63, 3.8) is 0 Å². The molecular formula is C18H21NO2S. The Balaban J connectivity index is 1.75. The van der Waals surface area contributed by atoms with Crippen molar-refractivity contribution >= 4 is 20.8 Å². The third-order valence-electron chi connectivity index (χ3n) is 4.16. The minimum absolute atomic E-state index is 0.364. The maximum atomic E-state index is 12.6. The highest BCUT2D eigenvalue weighted by Crippen LogP contribution is 2.23. The van der Waals surface area contributed by atoms with Crippen LogP contribution in [0.1, 0.15) is 32.1 Å². The van der Waals surface area contributed by atoms with E-state index in [9.17, 15) is 8.42 Å². The van der Waals surface area contributed by atoms with E-state index in [1.54, 1.807) is 12.1 Å². The van der Waals surface area contributed by atoms with Gasteiger partial charge in [-0.3, -0.25) is 0 Å². The molecule has 0 radical (unpaired) electrons. The molecule has 3 nitrogen and oxygen atoms in total. The number of benzene rings is 2. The molecule has 0 saturated heterocycles. The number of hydrogen-bond acceptors (Lipinski definition) is 2. The Morgan fingerprint density at radius 3 is 2.64 bits per heavy atom. The maximum Gasteiger partial charge on any atom is 0.241 e. The Labute approximate surface area is 132 Å². The van der Waals surface area contributed by atoms with E-state index in [2.05, 4.69) is 10.8 Å². The molecule has 0 amide bonds. The molecule has 0 fully saturated rings. The summed E-state index contributed by atoms with van der Waals surface area (Å²) in [5.41, 5.74) is 1.38. The van der Waals surface area contributed by atoms with Crippen molar-refractivity contribution in [3.05, 3.63) is 54.1 Å². The number of fused-ring (bicyclic) bond motifs is 1. The molecule has 4 heteroatoms. The summed E-state index contributed by atoms with van der Waals surface area (Å²) in [7, 11) is -3.46. The zero-order chi connectivity index (χ0) is 15.4. The first-order chi connectivity index (χ1) is 10.7. The molecule has 0 aliphatic heterocycles. The van der Waals surface area contributed by atoms with E-state index in [1.807, 2.05) is 30.3 Å². The van der Waals surface area contributed by atoms with E-state index in [0.29, 0.717) is 11.4 Å². The molecule has 0 spiro atoms. The third kappa shape index (κ3) is 3.39. The summed E-state index contributed by atoms with van der Waals surface area (Å²) in [5, 5.41) is 1.72. The number of rotatable bonds is 5. The first kappa shape index (κ1) is 15.3. The predicted molar refractivity (Wildman–Crippen MR) is 90.3 cm³/mol. The molecule has 2 aromatic rings. The lowest BCUT2D eigenvalue weighted by Crippen LogP contribution is -2.25. The van der Waals surface area contributed by atoms with E-state index in [-0.39, 0.29) is 0 Å². The van der Waals surface area contributed by atoms with Crippen LogP contribution in [-0.4, -0.2) is 15.0 Å². The SMILES string of the molecule is O=S(=O)(NCCC1=CCCCC1)c1cccc2ccccc12. The van der Waals surface area contributed by atoms with Gasteiger partial charge >= 0.3 is 0 Å². The van der Waals surface area contributed by atoms with Crippen molar-refractivity contribution in [3.8, 4) is 0 Å². The maximum absolute atomic E-state index is 12.6. The fraction of sp³-hybridized carbons (Fsp3) is 0.333. The molecular weight excluding hydrogens is 294 g/mol. The van der Waals surface area contributed by atoms with E-state index in [1.165, 1.54) is 18.4 Å². The van der Waals surface area contributed by atoms with Crippen molar-refractivity contribution < 1.29 is 8.42 Å². The monoisotopic (exact) mass is 315 g/mol. The molecule has 22 heavy (non-hydrogen) atoms. The van der Waals surface area contributed by atoms with Crippen LogP contribution in [0.2, 0.25) is 0 Å². The van der Waals surface area contributed by atoms with Gasteiger partial charge in [-0.1, -0.05) is 48.0 Å². The largest absolute Gasteiger partial charge is 0.241 e. The first-order valence-electron chi connectivity index (χ1n) is 7.82. The second kappa shape index (κ2) is 6.63. The van der Waals surface area contributed by atoms with Gasteiger partial charge in [-0.05, 0) is 43.6 Å². The summed E-state index contributed by atoms with van der Waals surface area (Å²) in [5.74, 6) is 0. The molecule has 0 bridgehead atoms. The number of sulfonamides is 1. The van der Waals surface area contributed by atoms with E-state index in [0.717, 1.165) is 30.0 Å². The van der Waals surface area contributed by atoms with Crippen LogP contribution in [0.15, 0.2) is 59.0 Å². The Kier molecular flexibility index (Phi) is 4.60. The smallest absolute Gasteiger partial charge is 0.211 e. The fourth-order valence-electron chi connectivity index (χ4n) is 2.99.